The van der Waals surface area contributed by atoms with E-state index in [0.717, 1.165) is 12.1 Å². The molecule has 1 saturated carbocycles. The molecule has 218 valence electrons. The van der Waals surface area contributed by atoms with E-state index in [2.05, 4.69) is 15.5 Å². The number of hydrogen-bond donors (Lipinski definition) is 3. The third-order valence-electron chi connectivity index (χ3n) is 7.43. The molecule has 1 atom stereocenters. The van der Waals surface area contributed by atoms with Crippen LogP contribution in [-0.4, -0.2) is 67.5 Å². The molecule has 10 nitrogen and oxygen atoms in total. The van der Waals surface area contributed by atoms with Crippen molar-refractivity contribution in [3.63, 3.8) is 0 Å². The molecule has 2 aromatic carbocycles. The Morgan fingerprint density at radius 2 is 1.83 bits per heavy atom. The van der Waals surface area contributed by atoms with Crippen LogP contribution < -0.4 is 15.5 Å². The molecule has 1 aliphatic heterocycles. The Hall–Kier alpha value is -3.61. The number of nitrogens with one attached hydrogen (secondary N) is 2. The summed E-state index contributed by atoms with van der Waals surface area (Å²) in [6, 6.07) is 13.1. The van der Waals surface area contributed by atoms with Gasteiger partial charge in [-0.2, -0.15) is 0 Å². The summed E-state index contributed by atoms with van der Waals surface area (Å²) in [5.41, 5.74) is 0.785. The predicted molar refractivity (Wildman–Crippen MR) is 153 cm³/mol. The third-order valence-corrected chi connectivity index (χ3v) is 9.97. The topological polar surface area (TPSA) is 134 Å². The van der Waals surface area contributed by atoms with Gasteiger partial charge < -0.3 is 25.4 Å². The van der Waals surface area contributed by atoms with Crippen LogP contribution in [0, 0.1) is 5.82 Å². The number of sulfone groups is 1. The molecule has 0 unspecified atom stereocenters. The summed E-state index contributed by atoms with van der Waals surface area (Å²) in [6.07, 6.45) is 0.785. The van der Waals surface area contributed by atoms with Crippen molar-refractivity contribution in [2.24, 2.45) is 0 Å². The van der Waals surface area contributed by atoms with Crippen molar-refractivity contribution in [2.75, 3.05) is 36.6 Å². The van der Waals surface area contributed by atoms with Crippen molar-refractivity contribution >= 4 is 27.4 Å². The first-order valence-corrected chi connectivity index (χ1v) is 15.0. The first-order chi connectivity index (χ1) is 19.4. The smallest absolute Gasteiger partial charge is 0.319 e. The van der Waals surface area contributed by atoms with Gasteiger partial charge in [0.25, 0.3) is 0 Å². The molecule has 2 heterocycles. The van der Waals surface area contributed by atoms with E-state index < -0.39 is 32.0 Å². The standard InChI is InChI=1S/C29H34FN5O5S/c1-19-17-40-15-14-35(19)25-16-24(29(12-13-29)41(38,39)23-10-6-21(30)7-11-23)32-26(33-25)20-4-8-22(9-5-20)31-27(37)34-28(2,3)18-36/h4-11,16,19,36H,12-15,17-18H2,1-3H3,(H2,31,34,37)/t19-/m0/s1. The molecule has 2 aliphatic rings. The molecule has 12 heteroatoms. The van der Waals surface area contributed by atoms with Gasteiger partial charge >= 0.3 is 6.03 Å². The maximum atomic E-state index is 13.8. The van der Waals surface area contributed by atoms with E-state index in [1.807, 2.05) is 6.92 Å². The van der Waals surface area contributed by atoms with Crippen molar-refractivity contribution in [1.29, 1.82) is 0 Å². The van der Waals surface area contributed by atoms with Gasteiger partial charge in [0, 0.05) is 23.9 Å². The SMILES string of the molecule is C[C@H]1COCCN1c1cc(C2(S(=O)(=O)c3ccc(F)cc3)CC2)nc(-c2ccc(NC(=O)NC(C)(C)CO)cc2)n1. The quantitative estimate of drug-likeness (QED) is 0.341. The molecule has 0 spiro atoms. The van der Waals surface area contributed by atoms with Gasteiger partial charge in [-0.15, -0.1) is 0 Å². The molecule has 3 aromatic rings. The molecular weight excluding hydrogens is 549 g/mol. The van der Waals surface area contributed by atoms with E-state index in [1.165, 1.54) is 12.1 Å². The molecule has 1 aromatic heterocycles. The number of aliphatic hydroxyl groups excluding tert-OH is 1. The second-order valence-electron chi connectivity index (χ2n) is 11.2. The number of rotatable bonds is 8. The average molecular weight is 584 g/mol. The summed E-state index contributed by atoms with van der Waals surface area (Å²) < 4.78 is 45.6. The van der Waals surface area contributed by atoms with Crippen molar-refractivity contribution in [1.82, 2.24) is 15.3 Å². The largest absolute Gasteiger partial charge is 0.394 e. The number of carbonyl (C=O) groups is 1. The highest BCUT2D eigenvalue weighted by atomic mass is 32.2. The Kier molecular flexibility index (Phi) is 7.75. The van der Waals surface area contributed by atoms with E-state index in [9.17, 15) is 22.7 Å². The minimum absolute atomic E-state index is 0.0245. The number of benzene rings is 2. The zero-order valence-corrected chi connectivity index (χ0v) is 24.0. The lowest BCUT2D eigenvalue weighted by Gasteiger charge is -2.34. The van der Waals surface area contributed by atoms with Crippen molar-refractivity contribution in [3.8, 4) is 11.4 Å². The van der Waals surface area contributed by atoms with Crippen molar-refractivity contribution < 1.29 is 27.4 Å². The van der Waals surface area contributed by atoms with Gasteiger partial charge in [-0.1, -0.05) is 0 Å². The van der Waals surface area contributed by atoms with Gasteiger partial charge in [-0.05, 0) is 82.1 Å². The highest BCUT2D eigenvalue weighted by Gasteiger charge is 2.58. The van der Waals surface area contributed by atoms with Crippen LogP contribution in [0.15, 0.2) is 59.5 Å². The fourth-order valence-corrected chi connectivity index (χ4v) is 6.80. The van der Waals surface area contributed by atoms with Gasteiger partial charge in [0.1, 0.15) is 16.4 Å². The van der Waals surface area contributed by atoms with Gasteiger partial charge in [0.2, 0.25) is 0 Å². The minimum Gasteiger partial charge on any atom is -0.394 e. The van der Waals surface area contributed by atoms with Gasteiger partial charge in [0.05, 0.1) is 42.0 Å². The number of anilines is 2. The number of aliphatic hydroxyl groups is 1. The van der Waals surface area contributed by atoms with Crippen LogP contribution in [0.25, 0.3) is 11.4 Å². The maximum absolute atomic E-state index is 13.8. The van der Waals surface area contributed by atoms with Crippen LogP contribution in [0.3, 0.4) is 0 Å². The fourth-order valence-electron chi connectivity index (χ4n) is 4.84. The summed E-state index contributed by atoms with van der Waals surface area (Å²) in [6.45, 7) is 6.85. The van der Waals surface area contributed by atoms with Crippen LogP contribution in [-0.2, 0) is 19.3 Å². The number of nitrogens with zero attached hydrogens (tertiary/aromatic N) is 3. The van der Waals surface area contributed by atoms with Gasteiger partial charge in [-0.3, -0.25) is 0 Å². The highest BCUT2D eigenvalue weighted by Crippen LogP contribution is 2.55. The molecule has 5 rings (SSSR count). The number of carbonyl (C=O) groups excluding carboxylic acids is 1. The Bertz CT molecular complexity index is 1530. The molecule has 2 fully saturated rings. The third kappa shape index (κ3) is 5.90. The summed E-state index contributed by atoms with van der Waals surface area (Å²) in [4.78, 5) is 24.1. The van der Waals surface area contributed by atoms with E-state index >= 15 is 0 Å². The summed E-state index contributed by atoms with van der Waals surface area (Å²) in [5, 5.41) is 14.8. The van der Waals surface area contributed by atoms with Crippen LogP contribution in [0.5, 0.6) is 0 Å². The zero-order chi connectivity index (χ0) is 29.4. The summed E-state index contributed by atoms with van der Waals surface area (Å²) in [5.74, 6) is 0.456. The molecule has 41 heavy (non-hydrogen) atoms. The number of urea groups is 1. The second-order valence-corrected chi connectivity index (χ2v) is 13.5. The lowest BCUT2D eigenvalue weighted by atomic mass is 10.1. The Morgan fingerprint density at radius 3 is 2.44 bits per heavy atom. The van der Waals surface area contributed by atoms with Gasteiger partial charge in [0.15, 0.2) is 15.7 Å². The Labute approximate surface area is 238 Å². The van der Waals surface area contributed by atoms with Crippen molar-refractivity contribution in [3.05, 3.63) is 66.1 Å². The van der Waals surface area contributed by atoms with E-state index in [1.54, 1.807) is 44.2 Å². The first kappa shape index (κ1) is 28.9. The molecular formula is C29H34FN5O5S. The molecule has 0 radical (unpaired) electrons. The van der Waals surface area contributed by atoms with E-state index in [4.69, 9.17) is 14.7 Å². The second kappa shape index (κ2) is 11.0. The molecule has 2 amide bonds. The zero-order valence-electron chi connectivity index (χ0n) is 23.2. The normalized spacial score (nSPS) is 18.6. The summed E-state index contributed by atoms with van der Waals surface area (Å²) >= 11 is 0. The molecule has 1 aliphatic carbocycles. The molecule has 0 bridgehead atoms. The van der Waals surface area contributed by atoms with Crippen molar-refractivity contribution in [2.45, 2.75) is 54.8 Å². The van der Waals surface area contributed by atoms with Crippen LogP contribution in [0.1, 0.15) is 39.3 Å². The fraction of sp³-hybridized carbons (Fsp3) is 0.414. The number of hydrogen-bond acceptors (Lipinski definition) is 8. The molecule has 3 N–H and O–H groups in total. The van der Waals surface area contributed by atoms with Gasteiger partial charge in [-0.25, -0.2) is 27.6 Å². The summed E-state index contributed by atoms with van der Waals surface area (Å²) in [7, 11) is -3.87. The maximum Gasteiger partial charge on any atom is 0.319 e. The van der Waals surface area contributed by atoms with E-state index in [0.29, 0.717) is 61.2 Å². The number of aromatic nitrogens is 2. The van der Waals surface area contributed by atoms with Crippen LogP contribution in [0.4, 0.5) is 20.7 Å². The Morgan fingerprint density at radius 1 is 1.15 bits per heavy atom. The number of morpholine rings is 1. The number of ether oxygens (including phenoxy) is 1. The number of amides is 2. The predicted octanol–water partition coefficient (Wildman–Crippen LogP) is 3.86. The lowest BCUT2D eigenvalue weighted by Crippen LogP contribution is -2.48. The van der Waals surface area contributed by atoms with E-state index in [-0.39, 0.29) is 17.5 Å². The Balaban J connectivity index is 1.51. The minimum atomic E-state index is -3.87. The average Bonchev–Trinajstić information content (AvgIpc) is 3.76. The monoisotopic (exact) mass is 583 g/mol. The number of halogens is 1. The first-order valence-electron chi connectivity index (χ1n) is 13.5. The lowest BCUT2D eigenvalue weighted by molar-refractivity contribution is 0.0985. The van der Waals surface area contributed by atoms with Crippen LogP contribution in [0.2, 0.25) is 0 Å². The molecule has 1 saturated heterocycles. The highest BCUT2D eigenvalue weighted by molar-refractivity contribution is 7.92. The van der Waals surface area contributed by atoms with Crippen LogP contribution >= 0.6 is 0 Å².